The Morgan fingerprint density at radius 3 is 1.17 bits per heavy atom. The number of carbonyl (C=O) groups is 1. The lowest BCUT2D eigenvalue weighted by Crippen LogP contribution is -2.60. The van der Waals surface area contributed by atoms with Crippen molar-refractivity contribution in [1.82, 2.24) is 5.32 Å². The molecule has 1 rings (SSSR count). The minimum atomic E-state index is -1.67. The highest BCUT2D eigenvalue weighted by atomic mass is 16.7. The molecular weight excluding hydrogens is 1010 g/mol. The van der Waals surface area contributed by atoms with E-state index in [1.54, 1.807) is 0 Å². The van der Waals surface area contributed by atoms with Crippen molar-refractivity contribution in [3.8, 4) is 0 Å². The van der Waals surface area contributed by atoms with Crippen molar-refractivity contribution in [3.63, 3.8) is 0 Å². The molecule has 1 heterocycles. The van der Waals surface area contributed by atoms with Gasteiger partial charge >= 0.3 is 0 Å². The first kappa shape index (κ1) is 77.1. The highest BCUT2D eigenvalue weighted by molar-refractivity contribution is 5.80. The Bertz CT molecular complexity index is 1460. The molecule has 11 heteroatoms. The van der Waals surface area contributed by atoms with Gasteiger partial charge < -0.3 is 50.5 Å². The summed E-state index contributed by atoms with van der Waals surface area (Å²) in [6.45, 7) is 3.48. The molecule has 0 aromatic carbocycles. The van der Waals surface area contributed by atoms with Gasteiger partial charge in [0.2, 0.25) is 5.91 Å². The third kappa shape index (κ3) is 46.0. The molecule has 476 valence electrons. The molecule has 1 aliphatic heterocycles. The fourth-order valence-electron chi connectivity index (χ4n) is 11.0. The number of hydrogen-bond acceptors (Lipinski definition) is 10. The minimum Gasteiger partial charge on any atom is -0.394 e. The van der Waals surface area contributed by atoms with Crippen LogP contribution in [0.5, 0.6) is 0 Å². The topological polar surface area (TPSA) is 189 Å². The highest BCUT2D eigenvalue weighted by Gasteiger charge is 2.44. The molecule has 1 amide bonds. The lowest BCUT2D eigenvalue weighted by atomic mass is 9.98. The summed E-state index contributed by atoms with van der Waals surface area (Å²) in [5.74, 6) is -0.709. The average Bonchev–Trinajstić information content (AvgIpc) is 3.51. The Labute approximate surface area is 498 Å². The molecule has 9 unspecified atom stereocenters. The number of carbonyl (C=O) groups excluding carboxylic acids is 1. The lowest BCUT2D eigenvalue weighted by Gasteiger charge is -2.40. The largest absolute Gasteiger partial charge is 0.394 e. The monoisotopic (exact) mass is 1150 g/mol. The van der Waals surface area contributed by atoms with E-state index in [0.717, 1.165) is 44.9 Å². The van der Waals surface area contributed by atoms with Gasteiger partial charge in [-0.3, -0.25) is 4.79 Å². The number of ether oxygens (including phenoxy) is 2. The van der Waals surface area contributed by atoms with Crippen LogP contribution in [0.3, 0.4) is 0 Å². The van der Waals surface area contributed by atoms with Gasteiger partial charge in [0.1, 0.15) is 36.6 Å². The molecule has 0 bridgehead atoms. The second-order valence-corrected chi connectivity index (χ2v) is 24.2. The number of amides is 1. The van der Waals surface area contributed by atoms with Crippen LogP contribution in [0.4, 0.5) is 0 Å². The first-order chi connectivity index (χ1) is 39.7. The number of aliphatic hydroxyl groups excluding tert-OH is 7. The average molecular weight is 1150 g/mol. The molecule has 11 nitrogen and oxygen atoms in total. The number of hydrogen-bond donors (Lipinski definition) is 8. The zero-order chi connectivity index (χ0) is 58.9. The summed E-state index contributed by atoms with van der Waals surface area (Å²) < 4.78 is 11.2. The number of nitrogens with one attached hydrogen (secondary N) is 1. The van der Waals surface area contributed by atoms with Crippen molar-refractivity contribution in [2.24, 2.45) is 0 Å². The molecule has 0 saturated carbocycles. The molecule has 1 aliphatic rings. The van der Waals surface area contributed by atoms with E-state index in [1.807, 2.05) is 0 Å². The number of allylic oxidation sites excluding steroid dienone is 8. The molecule has 0 aromatic heterocycles. The fourth-order valence-corrected chi connectivity index (χ4v) is 11.0. The quantitative estimate of drug-likeness (QED) is 0.0215. The zero-order valence-electron chi connectivity index (χ0n) is 52.5. The maximum absolute atomic E-state index is 13.2. The molecule has 1 fully saturated rings. The maximum atomic E-state index is 13.2. The normalized spacial score (nSPS) is 19.4. The Morgan fingerprint density at radius 1 is 0.432 bits per heavy atom. The van der Waals surface area contributed by atoms with Crippen molar-refractivity contribution in [3.05, 3.63) is 48.6 Å². The van der Waals surface area contributed by atoms with Gasteiger partial charge in [-0.1, -0.05) is 287 Å². The van der Waals surface area contributed by atoms with Crippen LogP contribution in [0.15, 0.2) is 48.6 Å². The number of rotatable bonds is 60. The first-order valence-corrected chi connectivity index (χ1v) is 34.5. The number of aliphatic hydroxyl groups is 7. The van der Waals surface area contributed by atoms with Crippen molar-refractivity contribution in [2.75, 3.05) is 13.2 Å². The van der Waals surface area contributed by atoms with Crippen LogP contribution in [-0.4, -0.2) is 110 Å². The van der Waals surface area contributed by atoms with Crippen LogP contribution in [0.2, 0.25) is 0 Å². The lowest BCUT2D eigenvalue weighted by molar-refractivity contribution is -0.303. The molecule has 0 aromatic rings. The van der Waals surface area contributed by atoms with Gasteiger partial charge in [0, 0.05) is 0 Å². The predicted molar refractivity (Wildman–Crippen MR) is 339 cm³/mol. The second-order valence-electron chi connectivity index (χ2n) is 24.2. The summed E-state index contributed by atoms with van der Waals surface area (Å²) in [6, 6.07) is -1.19. The van der Waals surface area contributed by atoms with Crippen LogP contribution in [0.25, 0.3) is 0 Å². The summed E-state index contributed by atoms with van der Waals surface area (Å²) >= 11 is 0. The van der Waals surface area contributed by atoms with E-state index in [0.29, 0.717) is 19.3 Å². The summed E-state index contributed by atoms with van der Waals surface area (Å²) in [6.07, 6.45) is 64.7. The van der Waals surface area contributed by atoms with Crippen LogP contribution in [-0.2, 0) is 14.3 Å². The zero-order valence-corrected chi connectivity index (χ0v) is 52.5. The number of unbranched alkanes of at least 4 members (excludes halogenated alkanes) is 40. The molecule has 9 atom stereocenters. The van der Waals surface area contributed by atoms with Gasteiger partial charge in [-0.25, -0.2) is 0 Å². The Kier molecular flexibility index (Phi) is 55.6. The van der Waals surface area contributed by atoms with E-state index in [9.17, 15) is 40.5 Å². The summed E-state index contributed by atoms with van der Waals surface area (Å²) in [5.41, 5.74) is 0. The van der Waals surface area contributed by atoms with Gasteiger partial charge in [-0.2, -0.15) is 0 Å². The van der Waals surface area contributed by atoms with E-state index >= 15 is 0 Å². The highest BCUT2D eigenvalue weighted by Crippen LogP contribution is 2.24. The van der Waals surface area contributed by atoms with Crippen LogP contribution >= 0.6 is 0 Å². The Morgan fingerprint density at radius 2 is 0.778 bits per heavy atom. The standard InChI is InChI=1S/C70H131NO10/c1-3-5-7-9-11-13-15-17-19-21-23-25-27-29-31-32-34-36-38-40-42-44-46-48-50-52-54-56-58-63(74)69(79)71-61(60-80-70-68(78)67(77)66(76)64(59-72)81-70)65(75)62(73)57-55-53-51-49-47-45-43-41-39-37-35-33-30-28-26-24-22-20-18-16-14-12-10-8-6-4-2/h23,25,29,31,41,43,49,51,61-68,70,72-78H,3-22,24,26-28,30,32-40,42,44-48,50,52-60H2,1-2H3,(H,71,79)/b25-23-,31-29-,43-41+,51-49+. The van der Waals surface area contributed by atoms with Crippen molar-refractivity contribution in [1.29, 1.82) is 0 Å². The van der Waals surface area contributed by atoms with Gasteiger partial charge in [-0.15, -0.1) is 0 Å². The smallest absolute Gasteiger partial charge is 0.249 e. The SMILES string of the molecule is CCCCCCCCCCC/C=C\C/C=C\CCCCCCCCCCCCCCC(O)C(=O)NC(COC1OC(CO)C(O)C(O)C1O)C(O)C(O)CCC/C=C/CC/C=C/CCCCCCCCCCCCCCCCCCC. The van der Waals surface area contributed by atoms with Crippen molar-refractivity contribution < 1.29 is 50.0 Å². The first-order valence-electron chi connectivity index (χ1n) is 34.5. The Balaban J connectivity index is 2.25. The van der Waals surface area contributed by atoms with Gasteiger partial charge in [0.05, 0.1) is 25.4 Å². The van der Waals surface area contributed by atoms with E-state index in [4.69, 9.17) is 9.47 Å². The van der Waals surface area contributed by atoms with Crippen molar-refractivity contribution >= 4 is 5.91 Å². The van der Waals surface area contributed by atoms with Gasteiger partial charge in [-0.05, 0) is 83.5 Å². The summed E-state index contributed by atoms with van der Waals surface area (Å²) in [7, 11) is 0. The predicted octanol–water partition coefficient (Wildman–Crippen LogP) is 16.4. The van der Waals surface area contributed by atoms with Crippen molar-refractivity contribution in [2.45, 2.75) is 377 Å². The summed E-state index contributed by atoms with van der Waals surface area (Å²) in [4.78, 5) is 13.2. The molecule has 1 saturated heterocycles. The molecular formula is C70H131NO10. The molecule has 8 N–H and O–H groups in total. The fraction of sp³-hybridized carbons (Fsp3) is 0.871. The molecule has 81 heavy (non-hydrogen) atoms. The molecule has 0 spiro atoms. The van der Waals surface area contributed by atoms with E-state index < -0.39 is 74.2 Å². The third-order valence-corrected chi connectivity index (χ3v) is 16.6. The van der Waals surface area contributed by atoms with E-state index in [-0.39, 0.29) is 12.8 Å². The summed E-state index contributed by atoms with van der Waals surface area (Å²) in [5, 5.41) is 76.4. The van der Waals surface area contributed by atoms with E-state index in [1.165, 1.54) is 231 Å². The molecule has 0 radical (unpaired) electrons. The molecule has 0 aliphatic carbocycles. The van der Waals surface area contributed by atoms with Crippen LogP contribution < -0.4 is 5.32 Å². The Hall–Kier alpha value is -1.93. The maximum Gasteiger partial charge on any atom is 0.249 e. The van der Waals surface area contributed by atoms with Crippen LogP contribution in [0, 0.1) is 0 Å². The van der Waals surface area contributed by atoms with E-state index in [2.05, 4.69) is 67.8 Å². The second kappa shape index (κ2) is 58.5. The minimum absolute atomic E-state index is 0.246. The van der Waals surface area contributed by atoms with Gasteiger partial charge in [0.25, 0.3) is 0 Å². The van der Waals surface area contributed by atoms with Gasteiger partial charge in [0.15, 0.2) is 6.29 Å². The third-order valence-electron chi connectivity index (χ3n) is 16.6. The van der Waals surface area contributed by atoms with Crippen LogP contribution in [0.1, 0.15) is 322 Å².